The molecule has 0 atom stereocenters. The lowest BCUT2D eigenvalue weighted by Gasteiger charge is -2.11. The van der Waals surface area contributed by atoms with Gasteiger partial charge in [0.25, 0.3) is 0 Å². The van der Waals surface area contributed by atoms with Crippen LogP contribution in [-0.4, -0.2) is 19.0 Å². The van der Waals surface area contributed by atoms with Gasteiger partial charge in [0.15, 0.2) is 0 Å². The smallest absolute Gasteiger partial charge is 0.149 e. The summed E-state index contributed by atoms with van der Waals surface area (Å²) in [6.45, 7) is 0.852. The maximum Gasteiger partial charge on any atom is 0.149 e. The van der Waals surface area contributed by atoms with Crippen LogP contribution >= 0.6 is 0 Å². The molecule has 0 aromatic heterocycles. The first kappa shape index (κ1) is 13.5. The third-order valence-corrected chi connectivity index (χ3v) is 2.66. The number of anilines is 2. The van der Waals surface area contributed by atoms with Crippen LogP contribution in [0.25, 0.3) is 0 Å². The summed E-state index contributed by atoms with van der Waals surface area (Å²) in [4.78, 5) is 2.07. The summed E-state index contributed by atoms with van der Waals surface area (Å²) in [5.41, 5.74) is 2.21. The van der Waals surface area contributed by atoms with E-state index < -0.39 is 11.6 Å². The summed E-state index contributed by atoms with van der Waals surface area (Å²) in [6, 6.07) is 11.2. The second kappa shape index (κ2) is 5.80. The van der Waals surface area contributed by atoms with E-state index in [0.29, 0.717) is 0 Å². The van der Waals surface area contributed by atoms with Gasteiger partial charge >= 0.3 is 0 Å². The van der Waals surface area contributed by atoms with Crippen molar-refractivity contribution in [3.8, 4) is 0 Å². The molecule has 0 fully saturated rings. The fourth-order valence-corrected chi connectivity index (χ4v) is 1.80. The van der Waals surface area contributed by atoms with E-state index in [2.05, 4.69) is 10.2 Å². The van der Waals surface area contributed by atoms with Gasteiger partial charge in [-0.2, -0.15) is 0 Å². The summed E-state index contributed by atoms with van der Waals surface area (Å²) in [5.74, 6) is -1.18. The highest BCUT2D eigenvalue weighted by atomic mass is 19.1. The molecule has 0 saturated carbocycles. The van der Waals surface area contributed by atoms with Crippen LogP contribution in [0.15, 0.2) is 42.5 Å². The SMILES string of the molecule is CN(C)Cc1ccc(Nc2ccc(F)cc2F)cc1. The van der Waals surface area contributed by atoms with Gasteiger partial charge in [0.05, 0.1) is 5.69 Å². The number of rotatable bonds is 4. The molecule has 0 bridgehead atoms. The van der Waals surface area contributed by atoms with Gasteiger partial charge in [-0.15, -0.1) is 0 Å². The average Bonchev–Trinajstić information content (AvgIpc) is 2.34. The van der Waals surface area contributed by atoms with E-state index in [9.17, 15) is 8.78 Å². The minimum absolute atomic E-state index is 0.266. The van der Waals surface area contributed by atoms with E-state index >= 15 is 0 Å². The minimum atomic E-state index is -0.600. The summed E-state index contributed by atoms with van der Waals surface area (Å²) in [7, 11) is 4.00. The third-order valence-electron chi connectivity index (χ3n) is 2.66. The van der Waals surface area contributed by atoms with Crippen LogP contribution in [-0.2, 0) is 6.54 Å². The molecule has 2 aromatic carbocycles. The second-order valence-electron chi connectivity index (χ2n) is 4.68. The summed E-state index contributed by atoms with van der Waals surface area (Å²) >= 11 is 0. The van der Waals surface area contributed by atoms with Crippen molar-refractivity contribution in [2.75, 3.05) is 19.4 Å². The van der Waals surface area contributed by atoms with Crippen LogP contribution < -0.4 is 5.32 Å². The lowest BCUT2D eigenvalue weighted by Crippen LogP contribution is -2.10. The van der Waals surface area contributed by atoms with Crippen molar-refractivity contribution >= 4 is 11.4 Å². The number of hydrogen-bond donors (Lipinski definition) is 1. The fourth-order valence-electron chi connectivity index (χ4n) is 1.80. The van der Waals surface area contributed by atoms with E-state index in [4.69, 9.17) is 0 Å². The first-order valence-electron chi connectivity index (χ1n) is 6.00. The zero-order valence-electron chi connectivity index (χ0n) is 11.0. The maximum atomic E-state index is 13.5. The second-order valence-corrected chi connectivity index (χ2v) is 4.68. The van der Waals surface area contributed by atoms with Gasteiger partial charge < -0.3 is 10.2 Å². The van der Waals surface area contributed by atoms with Crippen LogP contribution in [0.5, 0.6) is 0 Å². The van der Waals surface area contributed by atoms with Crippen molar-refractivity contribution in [3.63, 3.8) is 0 Å². The molecule has 19 heavy (non-hydrogen) atoms. The molecule has 2 aromatic rings. The highest BCUT2D eigenvalue weighted by molar-refractivity contribution is 5.60. The zero-order valence-corrected chi connectivity index (χ0v) is 11.0. The fraction of sp³-hybridized carbons (Fsp3) is 0.200. The Hall–Kier alpha value is -1.94. The average molecular weight is 262 g/mol. The predicted molar refractivity (Wildman–Crippen MR) is 73.5 cm³/mol. The van der Waals surface area contributed by atoms with Gasteiger partial charge in [0.1, 0.15) is 11.6 Å². The Balaban J connectivity index is 2.10. The first-order chi connectivity index (χ1) is 9.04. The van der Waals surface area contributed by atoms with Crippen LogP contribution in [0.2, 0.25) is 0 Å². The topological polar surface area (TPSA) is 15.3 Å². The van der Waals surface area contributed by atoms with Crippen LogP contribution in [0.3, 0.4) is 0 Å². The number of hydrogen-bond acceptors (Lipinski definition) is 2. The molecule has 1 N–H and O–H groups in total. The Morgan fingerprint density at radius 3 is 2.26 bits per heavy atom. The molecular formula is C15H16F2N2. The summed E-state index contributed by atoms with van der Waals surface area (Å²) in [5, 5.41) is 2.92. The Morgan fingerprint density at radius 2 is 1.68 bits per heavy atom. The lowest BCUT2D eigenvalue weighted by molar-refractivity contribution is 0.402. The largest absolute Gasteiger partial charge is 0.353 e. The monoisotopic (exact) mass is 262 g/mol. The van der Waals surface area contributed by atoms with Crippen molar-refractivity contribution in [2.45, 2.75) is 6.54 Å². The molecule has 2 rings (SSSR count). The van der Waals surface area contributed by atoms with Crippen LogP contribution in [0.4, 0.5) is 20.2 Å². The molecule has 0 radical (unpaired) electrons. The van der Waals surface area contributed by atoms with Gasteiger partial charge in [-0.25, -0.2) is 8.78 Å². The van der Waals surface area contributed by atoms with Gasteiger partial charge in [0, 0.05) is 18.3 Å². The van der Waals surface area contributed by atoms with E-state index in [1.807, 2.05) is 38.4 Å². The highest BCUT2D eigenvalue weighted by Crippen LogP contribution is 2.21. The van der Waals surface area contributed by atoms with Crippen molar-refractivity contribution in [1.29, 1.82) is 0 Å². The van der Waals surface area contributed by atoms with Crippen molar-refractivity contribution in [3.05, 3.63) is 59.7 Å². The van der Waals surface area contributed by atoms with Crippen LogP contribution in [0, 0.1) is 11.6 Å². The molecule has 0 aliphatic carbocycles. The number of nitrogens with one attached hydrogen (secondary N) is 1. The number of benzene rings is 2. The number of nitrogens with zero attached hydrogens (tertiary/aromatic N) is 1. The maximum absolute atomic E-state index is 13.5. The van der Waals surface area contributed by atoms with Crippen LogP contribution in [0.1, 0.15) is 5.56 Å². The molecule has 4 heteroatoms. The molecule has 0 unspecified atom stereocenters. The molecule has 0 heterocycles. The molecule has 0 aliphatic rings. The van der Waals surface area contributed by atoms with Gasteiger partial charge in [0.2, 0.25) is 0 Å². The van der Waals surface area contributed by atoms with Crippen molar-refractivity contribution in [1.82, 2.24) is 4.90 Å². The molecule has 100 valence electrons. The molecule has 0 saturated heterocycles. The quantitative estimate of drug-likeness (QED) is 0.902. The highest BCUT2D eigenvalue weighted by Gasteiger charge is 2.04. The summed E-state index contributed by atoms with van der Waals surface area (Å²) in [6.07, 6.45) is 0. The molecule has 2 nitrogen and oxygen atoms in total. The molecule has 0 amide bonds. The molecular weight excluding hydrogens is 246 g/mol. The zero-order chi connectivity index (χ0) is 13.8. The predicted octanol–water partition coefficient (Wildman–Crippen LogP) is 3.77. The van der Waals surface area contributed by atoms with E-state index in [1.54, 1.807) is 0 Å². The number of halogens is 2. The van der Waals surface area contributed by atoms with Gasteiger partial charge in [-0.1, -0.05) is 12.1 Å². The third kappa shape index (κ3) is 3.76. The standard InChI is InChI=1S/C15H16F2N2/c1-19(2)10-11-3-6-13(7-4-11)18-15-8-5-12(16)9-14(15)17/h3-9,18H,10H2,1-2H3. The Bertz CT molecular complexity index is 551. The van der Waals surface area contributed by atoms with Crippen molar-refractivity contribution in [2.24, 2.45) is 0 Å². The Morgan fingerprint density at radius 1 is 1.00 bits per heavy atom. The van der Waals surface area contributed by atoms with E-state index in [1.165, 1.54) is 17.7 Å². The van der Waals surface area contributed by atoms with E-state index in [0.717, 1.165) is 18.3 Å². The Kier molecular flexibility index (Phi) is 4.12. The first-order valence-corrected chi connectivity index (χ1v) is 6.00. The lowest BCUT2D eigenvalue weighted by atomic mass is 10.2. The van der Waals surface area contributed by atoms with Gasteiger partial charge in [-0.05, 0) is 43.9 Å². The molecule has 0 spiro atoms. The summed E-state index contributed by atoms with van der Waals surface area (Å²) < 4.78 is 26.3. The Labute approximate surface area is 111 Å². The molecule has 0 aliphatic heterocycles. The van der Waals surface area contributed by atoms with E-state index in [-0.39, 0.29) is 5.69 Å². The van der Waals surface area contributed by atoms with Crippen molar-refractivity contribution < 1.29 is 8.78 Å². The normalized spacial score (nSPS) is 10.8. The minimum Gasteiger partial charge on any atom is -0.353 e. The van der Waals surface area contributed by atoms with Gasteiger partial charge in [-0.3, -0.25) is 0 Å².